The Morgan fingerprint density at radius 2 is 2.07 bits per heavy atom. The number of carbonyl (C=O) groups is 2. The van der Waals surface area contributed by atoms with Crippen LogP contribution in [0, 0.1) is 6.92 Å². The van der Waals surface area contributed by atoms with Crippen LogP contribution in [0.3, 0.4) is 0 Å². The summed E-state index contributed by atoms with van der Waals surface area (Å²) in [5.74, 6) is 0.318. The third kappa shape index (κ3) is 5.64. The lowest BCUT2D eigenvalue weighted by Gasteiger charge is -2.09. The normalized spacial score (nSPS) is 16.3. The van der Waals surface area contributed by atoms with Crippen LogP contribution in [0.4, 0.5) is 5.69 Å². The van der Waals surface area contributed by atoms with Gasteiger partial charge in [-0.3, -0.25) is 9.59 Å². The first kappa shape index (κ1) is 19.6. The molecule has 3 rings (SSSR count). The minimum absolute atomic E-state index is 0.0987. The number of aryl methyl sites for hydroxylation is 1. The number of nitrogens with one attached hydrogen (secondary N) is 1. The van der Waals surface area contributed by atoms with Crippen molar-refractivity contribution in [3.8, 4) is 5.75 Å². The van der Waals surface area contributed by atoms with Gasteiger partial charge in [-0.15, -0.1) is 11.3 Å². The van der Waals surface area contributed by atoms with Crippen molar-refractivity contribution >= 4 is 45.6 Å². The van der Waals surface area contributed by atoms with Gasteiger partial charge in [0.1, 0.15) is 11.0 Å². The van der Waals surface area contributed by atoms with Gasteiger partial charge in [-0.25, -0.2) is 9.98 Å². The van der Waals surface area contributed by atoms with Crippen molar-refractivity contribution in [3.05, 3.63) is 40.3 Å². The molecule has 1 atom stereocenters. The quantitative estimate of drug-likeness (QED) is 0.724. The van der Waals surface area contributed by atoms with E-state index in [-0.39, 0.29) is 18.2 Å². The molecule has 2 aromatic rings. The number of amides is 2. The molecule has 0 saturated heterocycles. The zero-order valence-corrected chi connectivity index (χ0v) is 16.9. The molecule has 8 heteroatoms. The molecule has 0 aliphatic carbocycles. The fourth-order valence-corrected chi connectivity index (χ4v) is 4.44. The predicted molar refractivity (Wildman–Crippen MR) is 110 cm³/mol. The second-order valence-electron chi connectivity index (χ2n) is 6.13. The summed E-state index contributed by atoms with van der Waals surface area (Å²) < 4.78 is 5.52. The number of hydrogen-bond donors (Lipinski definition) is 1. The van der Waals surface area contributed by atoms with Gasteiger partial charge in [0, 0.05) is 29.6 Å². The number of ether oxygens (including phenoxy) is 1. The zero-order chi connectivity index (χ0) is 19.2. The van der Waals surface area contributed by atoms with Gasteiger partial charge >= 0.3 is 0 Å². The smallest absolute Gasteiger partial charge is 0.260 e. The highest BCUT2D eigenvalue weighted by atomic mass is 32.2. The highest BCUT2D eigenvalue weighted by molar-refractivity contribution is 8.15. The summed E-state index contributed by atoms with van der Waals surface area (Å²) in [6.45, 7) is 4.64. The van der Waals surface area contributed by atoms with Gasteiger partial charge in [-0.2, -0.15) is 0 Å². The summed E-state index contributed by atoms with van der Waals surface area (Å²) in [5, 5.41) is 5.99. The van der Waals surface area contributed by atoms with E-state index in [1.54, 1.807) is 23.5 Å². The number of carbonyl (C=O) groups excluding carboxylic acids is 2. The SMILES string of the molecule is CCCOc1ccc(NC(=O)C[C@@H]2SC(Cc3nc(C)cs3)=NC2=O)cc1. The van der Waals surface area contributed by atoms with Gasteiger partial charge in [0.2, 0.25) is 5.91 Å². The van der Waals surface area contributed by atoms with Gasteiger partial charge < -0.3 is 10.1 Å². The third-order valence-electron chi connectivity index (χ3n) is 3.74. The average Bonchev–Trinajstić information content (AvgIpc) is 3.19. The number of hydrogen-bond acceptors (Lipinski definition) is 6. The first-order valence-corrected chi connectivity index (χ1v) is 10.5. The Kier molecular flexibility index (Phi) is 6.63. The molecule has 1 aromatic carbocycles. The largest absolute Gasteiger partial charge is 0.494 e. The molecule has 1 aromatic heterocycles. The van der Waals surface area contributed by atoms with Crippen LogP contribution in [0.1, 0.15) is 30.5 Å². The maximum Gasteiger partial charge on any atom is 0.260 e. The molecule has 0 spiro atoms. The second kappa shape index (κ2) is 9.14. The van der Waals surface area contributed by atoms with E-state index >= 15 is 0 Å². The minimum atomic E-state index is -0.465. The molecule has 0 radical (unpaired) electrons. The maximum atomic E-state index is 12.3. The Balaban J connectivity index is 1.49. The molecule has 0 fully saturated rings. The molecule has 0 saturated carbocycles. The Labute approximate surface area is 166 Å². The van der Waals surface area contributed by atoms with Crippen LogP contribution in [-0.4, -0.2) is 33.7 Å². The van der Waals surface area contributed by atoms with Crippen LogP contribution in [0.15, 0.2) is 34.6 Å². The van der Waals surface area contributed by atoms with Crippen molar-refractivity contribution in [2.75, 3.05) is 11.9 Å². The van der Waals surface area contributed by atoms with E-state index < -0.39 is 5.25 Å². The number of thiazole rings is 1. The van der Waals surface area contributed by atoms with Crippen LogP contribution in [-0.2, 0) is 16.0 Å². The van der Waals surface area contributed by atoms with Gasteiger partial charge in [0.15, 0.2) is 0 Å². The number of anilines is 1. The molecule has 1 aliphatic heterocycles. The van der Waals surface area contributed by atoms with E-state index in [9.17, 15) is 9.59 Å². The van der Waals surface area contributed by atoms with Crippen LogP contribution in [0.5, 0.6) is 5.75 Å². The van der Waals surface area contributed by atoms with Crippen molar-refractivity contribution in [3.63, 3.8) is 0 Å². The lowest BCUT2D eigenvalue weighted by molar-refractivity contribution is -0.121. The number of nitrogens with zero attached hydrogens (tertiary/aromatic N) is 2. The van der Waals surface area contributed by atoms with Crippen LogP contribution >= 0.6 is 23.1 Å². The molecule has 2 heterocycles. The summed E-state index contributed by atoms with van der Waals surface area (Å²) in [6, 6.07) is 7.22. The lowest BCUT2D eigenvalue weighted by Crippen LogP contribution is -2.21. The van der Waals surface area contributed by atoms with Crippen molar-refractivity contribution < 1.29 is 14.3 Å². The summed E-state index contributed by atoms with van der Waals surface area (Å²) in [5.41, 5.74) is 1.64. The average molecular weight is 404 g/mol. The molecule has 142 valence electrons. The van der Waals surface area contributed by atoms with Crippen molar-refractivity contribution in [1.82, 2.24) is 4.98 Å². The van der Waals surface area contributed by atoms with E-state index in [0.29, 0.717) is 18.7 Å². The standard InChI is InChI=1S/C19H21N3O3S2/c1-3-8-25-14-6-4-13(5-7-14)21-16(23)9-15-19(24)22-18(27-15)10-17-20-12(2)11-26-17/h4-7,11,15H,3,8-10H2,1-2H3,(H,21,23)/t15-/m0/s1. The van der Waals surface area contributed by atoms with Crippen molar-refractivity contribution in [1.29, 1.82) is 0 Å². The maximum absolute atomic E-state index is 12.3. The summed E-state index contributed by atoms with van der Waals surface area (Å²) in [7, 11) is 0. The molecular weight excluding hydrogens is 382 g/mol. The number of aliphatic imine (C=N–C) groups is 1. The number of thioether (sulfide) groups is 1. The molecule has 1 aliphatic rings. The molecule has 27 heavy (non-hydrogen) atoms. The Hall–Kier alpha value is -2.19. The Morgan fingerprint density at radius 1 is 1.30 bits per heavy atom. The molecular formula is C19H21N3O3S2. The number of aromatic nitrogens is 1. The van der Waals surface area contributed by atoms with E-state index in [0.717, 1.165) is 27.9 Å². The second-order valence-corrected chi connectivity index (χ2v) is 8.35. The van der Waals surface area contributed by atoms with Crippen molar-refractivity contribution in [2.24, 2.45) is 4.99 Å². The van der Waals surface area contributed by atoms with Gasteiger partial charge in [-0.1, -0.05) is 18.7 Å². The Bertz CT molecular complexity index is 846. The van der Waals surface area contributed by atoms with Crippen LogP contribution in [0.2, 0.25) is 0 Å². The molecule has 0 bridgehead atoms. The monoisotopic (exact) mass is 403 g/mol. The third-order valence-corrected chi connectivity index (χ3v) is 5.87. The van der Waals surface area contributed by atoms with E-state index in [1.807, 2.05) is 31.4 Å². The highest BCUT2D eigenvalue weighted by Gasteiger charge is 2.30. The molecule has 0 unspecified atom stereocenters. The van der Waals surface area contributed by atoms with Gasteiger partial charge in [-0.05, 0) is 37.6 Å². The predicted octanol–water partition coefficient (Wildman–Crippen LogP) is 3.85. The highest BCUT2D eigenvalue weighted by Crippen LogP contribution is 2.28. The minimum Gasteiger partial charge on any atom is -0.494 e. The Morgan fingerprint density at radius 3 is 2.74 bits per heavy atom. The molecule has 2 amide bonds. The summed E-state index contributed by atoms with van der Waals surface area (Å²) in [6.07, 6.45) is 1.59. The van der Waals surface area contributed by atoms with Gasteiger partial charge in [0.25, 0.3) is 5.91 Å². The fraction of sp³-hybridized carbons (Fsp3) is 0.368. The van der Waals surface area contributed by atoms with E-state index in [2.05, 4.69) is 15.3 Å². The van der Waals surface area contributed by atoms with Crippen LogP contribution < -0.4 is 10.1 Å². The fourth-order valence-electron chi connectivity index (χ4n) is 2.49. The van der Waals surface area contributed by atoms with Gasteiger partial charge in [0.05, 0.1) is 16.7 Å². The summed E-state index contributed by atoms with van der Waals surface area (Å²) >= 11 is 2.91. The first-order chi connectivity index (χ1) is 13.0. The topological polar surface area (TPSA) is 80.7 Å². The zero-order valence-electron chi connectivity index (χ0n) is 15.2. The number of benzene rings is 1. The van der Waals surface area contributed by atoms with Crippen LogP contribution in [0.25, 0.3) is 0 Å². The summed E-state index contributed by atoms with van der Waals surface area (Å²) in [4.78, 5) is 32.8. The van der Waals surface area contributed by atoms with E-state index in [4.69, 9.17) is 4.74 Å². The molecule has 1 N–H and O–H groups in total. The first-order valence-electron chi connectivity index (χ1n) is 8.75. The lowest BCUT2D eigenvalue weighted by atomic mass is 10.2. The number of rotatable bonds is 8. The van der Waals surface area contributed by atoms with Crippen molar-refractivity contribution in [2.45, 2.75) is 38.4 Å². The molecule has 6 nitrogen and oxygen atoms in total. The van der Waals surface area contributed by atoms with E-state index in [1.165, 1.54) is 11.8 Å².